The maximum Gasteiger partial charge on any atom is 0.307 e. The molecule has 0 bridgehead atoms. The second-order valence-corrected chi connectivity index (χ2v) is 2.89. The van der Waals surface area contributed by atoms with Crippen LogP contribution < -0.4 is 4.90 Å². The average molecular weight is 181 g/mol. The first-order valence-electron chi connectivity index (χ1n) is 3.80. The van der Waals surface area contributed by atoms with Crippen molar-refractivity contribution in [1.82, 2.24) is 10.2 Å². The molecule has 0 aliphatic carbocycles. The summed E-state index contributed by atoms with van der Waals surface area (Å²) in [5, 5.41) is 16.1. The predicted octanol–water partition coefficient (Wildman–Crippen LogP) is 0.170. The van der Waals surface area contributed by atoms with Crippen LogP contribution >= 0.6 is 0 Å². The highest BCUT2D eigenvalue weighted by molar-refractivity contribution is 5.70. The lowest BCUT2D eigenvalue weighted by atomic mass is 10.2. The maximum absolute atomic E-state index is 10.4. The van der Waals surface area contributed by atoms with E-state index in [9.17, 15) is 4.79 Å². The zero-order chi connectivity index (χ0) is 9.84. The minimum Gasteiger partial charge on any atom is -0.481 e. The van der Waals surface area contributed by atoms with Crippen LogP contribution in [-0.4, -0.2) is 35.4 Å². The van der Waals surface area contributed by atoms with E-state index in [1.807, 2.05) is 14.1 Å². The second kappa shape index (κ2) is 3.84. The molecular formula is C8H11N3O2. The van der Waals surface area contributed by atoms with E-state index in [2.05, 4.69) is 10.2 Å². The zero-order valence-corrected chi connectivity index (χ0v) is 7.56. The van der Waals surface area contributed by atoms with Crippen LogP contribution in [0.5, 0.6) is 0 Å². The van der Waals surface area contributed by atoms with E-state index in [0.717, 1.165) is 0 Å². The summed E-state index contributed by atoms with van der Waals surface area (Å²) < 4.78 is 0. The van der Waals surface area contributed by atoms with Gasteiger partial charge in [-0.2, -0.15) is 5.10 Å². The number of nitrogens with zero attached hydrogens (tertiary/aromatic N) is 3. The Labute approximate surface area is 76.0 Å². The summed E-state index contributed by atoms with van der Waals surface area (Å²) in [7, 11) is 3.66. The van der Waals surface area contributed by atoms with Gasteiger partial charge in [-0.1, -0.05) is 0 Å². The van der Waals surface area contributed by atoms with Crippen molar-refractivity contribution >= 4 is 11.8 Å². The summed E-state index contributed by atoms with van der Waals surface area (Å²) in [6, 6.07) is 1.71. The van der Waals surface area contributed by atoms with Gasteiger partial charge in [0.05, 0.1) is 12.6 Å². The number of anilines is 1. The molecule has 5 heteroatoms. The summed E-state index contributed by atoms with van der Waals surface area (Å²) in [6.45, 7) is 0. The third-order valence-electron chi connectivity index (χ3n) is 1.51. The zero-order valence-electron chi connectivity index (χ0n) is 7.56. The lowest BCUT2D eigenvalue weighted by Gasteiger charge is -2.10. The Bertz CT molecular complexity index is 312. The van der Waals surface area contributed by atoms with Crippen LogP contribution in [0.1, 0.15) is 5.56 Å². The fraction of sp³-hybridized carbons (Fsp3) is 0.375. The molecule has 5 nitrogen and oxygen atoms in total. The van der Waals surface area contributed by atoms with Crippen LogP contribution in [0.25, 0.3) is 0 Å². The highest BCUT2D eigenvalue weighted by atomic mass is 16.4. The number of aliphatic carboxylic acids is 1. The largest absolute Gasteiger partial charge is 0.481 e. The van der Waals surface area contributed by atoms with Gasteiger partial charge >= 0.3 is 5.97 Å². The summed E-state index contributed by atoms with van der Waals surface area (Å²) in [4.78, 5) is 12.2. The Morgan fingerprint density at radius 2 is 2.31 bits per heavy atom. The molecule has 0 atom stereocenters. The van der Waals surface area contributed by atoms with Crippen molar-refractivity contribution in [2.24, 2.45) is 0 Å². The molecule has 0 fully saturated rings. The maximum atomic E-state index is 10.4. The minimum atomic E-state index is -0.863. The molecule has 0 amide bonds. The molecule has 0 aliphatic rings. The van der Waals surface area contributed by atoms with Gasteiger partial charge in [-0.15, -0.1) is 5.10 Å². The number of carboxylic acids is 1. The van der Waals surface area contributed by atoms with Gasteiger partial charge in [0.2, 0.25) is 0 Å². The Morgan fingerprint density at radius 1 is 1.62 bits per heavy atom. The second-order valence-electron chi connectivity index (χ2n) is 2.89. The smallest absolute Gasteiger partial charge is 0.307 e. The number of hydrogen-bond acceptors (Lipinski definition) is 4. The Morgan fingerprint density at radius 3 is 2.85 bits per heavy atom. The molecule has 0 aliphatic heterocycles. The van der Waals surface area contributed by atoms with E-state index in [-0.39, 0.29) is 6.42 Å². The van der Waals surface area contributed by atoms with E-state index >= 15 is 0 Å². The van der Waals surface area contributed by atoms with E-state index < -0.39 is 5.97 Å². The molecule has 1 aromatic heterocycles. The SMILES string of the molecule is CN(C)c1cc(CC(=O)O)cnn1. The third kappa shape index (κ3) is 2.70. The van der Waals surface area contributed by atoms with Crippen LogP contribution in [-0.2, 0) is 11.2 Å². The summed E-state index contributed by atoms with van der Waals surface area (Å²) in [5.41, 5.74) is 0.659. The van der Waals surface area contributed by atoms with Gasteiger partial charge in [-0.3, -0.25) is 4.79 Å². The Hall–Kier alpha value is -1.65. The molecule has 13 heavy (non-hydrogen) atoms. The quantitative estimate of drug-likeness (QED) is 0.720. The fourth-order valence-corrected chi connectivity index (χ4v) is 0.884. The molecule has 1 aromatic rings. The first kappa shape index (κ1) is 9.44. The molecule has 0 unspecified atom stereocenters. The van der Waals surface area contributed by atoms with Gasteiger partial charge in [0.15, 0.2) is 5.82 Å². The first-order chi connectivity index (χ1) is 6.09. The van der Waals surface area contributed by atoms with Crippen LogP contribution in [0.4, 0.5) is 5.82 Å². The van der Waals surface area contributed by atoms with Crippen LogP contribution in [0.15, 0.2) is 12.3 Å². The van der Waals surface area contributed by atoms with E-state index in [1.165, 1.54) is 6.20 Å². The number of rotatable bonds is 3. The fourth-order valence-electron chi connectivity index (χ4n) is 0.884. The third-order valence-corrected chi connectivity index (χ3v) is 1.51. The van der Waals surface area contributed by atoms with Gasteiger partial charge in [0.25, 0.3) is 0 Å². The van der Waals surface area contributed by atoms with E-state index in [0.29, 0.717) is 11.4 Å². The van der Waals surface area contributed by atoms with Crippen molar-refractivity contribution < 1.29 is 9.90 Å². The lowest BCUT2D eigenvalue weighted by molar-refractivity contribution is -0.136. The molecule has 1 rings (SSSR count). The van der Waals surface area contributed by atoms with Crippen LogP contribution in [0.2, 0.25) is 0 Å². The Kier molecular flexibility index (Phi) is 2.79. The number of carbonyl (C=O) groups is 1. The standard InChI is InChI=1S/C8H11N3O2/c1-11(2)7-3-6(4-8(12)13)5-9-10-7/h3,5H,4H2,1-2H3,(H,12,13). The highest BCUT2D eigenvalue weighted by Gasteiger charge is 2.03. The molecule has 0 saturated carbocycles. The summed E-state index contributed by atoms with van der Waals surface area (Å²) in [5.74, 6) is -0.198. The molecule has 0 radical (unpaired) electrons. The van der Waals surface area contributed by atoms with Gasteiger partial charge in [-0.05, 0) is 11.6 Å². The molecule has 1 heterocycles. The molecule has 0 spiro atoms. The Balaban J connectivity index is 2.85. The normalized spacial score (nSPS) is 9.69. The summed E-state index contributed by atoms with van der Waals surface area (Å²) in [6.07, 6.45) is 1.44. The van der Waals surface area contributed by atoms with Crippen molar-refractivity contribution in [2.45, 2.75) is 6.42 Å². The van der Waals surface area contributed by atoms with Crippen molar-refractivity contribution in [3.8, 4) is 0 Å². The van der Waals surface area contributed by atoms with E-state index in [4.69, 9.17) is 5.11 Å². The molecule has 70 valence electrons. The monoisotopic (exact) mass is 181 g/mol. The van der Waals surface area contributed by atoms with Crippen molar-refractivity contribution in [3.63, 3.8) is 0 Å². The lowest BCUT2D eigenvalue weighted by Crippen LogP contribution is -2.12. The topological polar surface area (TPSA) is 66.3 Å². The van der Waals surface area contributed by atoms with Crippen molar-refractivity contribution in [3.05, 3.63) is 17.8 Å². The highest BCUT2D eigenvalue weighted by Crippen LogP contribution is 2.07. The molecular weight excluding hydrogens is 170 g/mol. The molecule has 0 aromatic carbocycles. The van der Waals surface area contributed by atoms with Gasteiger partial charge in [-0.25, -0.2) is 0 Å². The molecule has 1 N–H and O–H groups in total. The van der Waals surface area contributed by atoms with Gasteiger partial charge in [0.1, 0.15) is 0 Å². The van der Waals surface area contributed by atoms with Crippen molar-refractivity contribution in [1.29, 1.82) is 0 Å². The minimum absolute atomic E-state index is 0.0175. The van der Waals surface area contributed by atoms with Crippen LogP contribution in [0, 0.1) is 0 Å². The van der Waals surface area contributed by atoms with Gasteiger partial charge in [0, 0.05) is 14.1 Å². The van der Waals surface area contributed by atoms with Crippen LogP contribution in [0.3, 0.4) is 0 Å². The van der Waals surface area contributed by atoms with Crippen molar-refractivity contribution in [2.75, 3.05) is 19.0 Å². The number of hydrogen-bond donors (Lipinski definition) is 1. The average Bonchev–Trinajstić information content (AvgIpc) is 2.03. The number of carboxylic acid groups (broad SMARTS) is 1. The van der Waals surface area contributed by atoms with Gasteiger partial charge < -0.3 is 10.0 Å². The predicted molar refractivity (Wildman–Crippen MR) is 47.7 cm³/mol. The molecule has 0 saturated heterocycles. The first-order valence-corrected chi connectivity index (χ1v) is 3.80. The van der Waals surface area contributed by atoms with E-state index in [1.54, 1.807) is 11.0 Å². The summed E-state index contributed by atoms with van der Waals surface area (Å²) >= 11 is 0. The number of aromatic nitrogens is 2.